The largest absolute Gasteiger partial charge is 0.314 e. The maximum atomic E-state index is 6.04. The molecule has 1 N–H and O–H groups in total. The first-order chi connectivity index (χ1) is 9.81. The molecule has 1 aromatic heterocycles. The average Bonchev–Trinajstić information content (AvgIpc) is 2.42. The molecule has 104 valence electrons. The van der Waals surface area contributed by atoms with Gasteiger partial charge in [-0.25, -0.2) is 0 Å². The van der Waals surface area contributed by atoms with Crippen molar-refractivity contribution in [3.8, 4) is 0 Å². The minimum absolute atomic E-state index is 0.641. The van der Waals surface area contributed by atoms with Gasteiger partial charge in [-0.05, 0) is 48.6 Å². The molecule has 0 atom stereocenters. The zero-order chi connectivity index (χ0) is 13.8. The molecule has 0 saturated heterocycles. The summed E-state index contributed by atoms with van der Waals surface area (Å²) >= 11 is 6.04. The molecule has 0 radical (unpaired) electrons. The van der Waals surface area contributed by atoms with E-state index in [4.69, 9.17) is 11.6 Å². The number of nitrogens with one attached hydrogen (secondary N) is 1. The second kappa shape index (κ2) is 6.38. The minimum atomic E-state index is 0.641. The van der Waals surface area contributed by atoms with Gasteiger partial charge in [0.25, 0.3) is 0 Å². The second-order valence-electron chi connectivity index (χ2n) is 5.45. The molecule has 0 spiro atoms. The molecule has 3 heteroatoms. The number of halogens is 1. The van der Waals surface area contributed by atoms with Gasteiger partial charge in [0.1, 0.15) is 0 Å². The maximum absolute atomic E-state index is 6.04. The molecule has 1 aliphatic rings. The monoisotopic (exact) mass is 286 g/mol. The van der Waals surface area contributed by atoms with E-state index in [1.807, 2.05) is 30.5 Å². The Morgan fingerprint density at radius 3 is 2.80 bits per heavy atom. The summed E-state index contributed by atoms with van der Waals surface area (Å²) in [6, 6.07) is 15.0. The molecule has 2 nitrogen and oxygen atoms in total. The molecule has 2 aromatic rings. The Labute approximate surface area is 125 Å². The number of benzene rings is 1. The molecule has 1 saturated carbocycles. The Morgan fingerprint density at radius 1 is 1.15 bits per heavy atom. The summed E-state index contributed by atoms with van der Waals surface area (Å²) in [6.45, 7) is 1.00. The van der Waals surface area contributed by atoms with Gasteiger partial charge in [-0.3, -0.25) is 4.98 Å². The van der Waals surface area contributed by atoms with Gasteiger partial charge in [-0.2, -0.15) is 0 Å². The SMILES string of the molecule is Clc1cccc(C2CC(NCCc3ccccn3)C2)c1. The Morgan fingerprint density at radius 2 is 2.05 bits per heavy atom. The van der Waals surface area contributed by atoms with E-state index >= 15 is 0 Å². The standard InChI is InChI=1S/C17H19ClN2/c18-15-5-3-4-13(10-15)14-11-17(12-14)20-9-7-16-6-1-2-8-19-16/h1-6,8,10,14,17,20H,7,9,11-12H2. The highest BCUT2D eigenvalue weighted by Crippen LogP contribution is 2.37. The Balaban J connectivity index is 1.40. The summed E-state index contributed by atoms with van der Waals surface area (Å²) in [7, 11) is 0. The highest BCUT2D eigenvalue weighted by atomic mass is 35.5. The summed E-state index contributed by atoms with van der Waals surface area (Å²) in [5, 5.41) is 4.45. The minimum Gasteiger partial charge on any atom is -0.314 e. The number of nitrogens with zero attached hydrogens (tertiary/aromatic N) is 1. The lowest BCUT2D eigenvalue weighted by Crippen LogP contribution is -2.41. The van der Waals surface area contributed by atoms with Gasteiger partial charge in [0.05, 0.1) is 0 Å². The van der Waals surface area contributed by atoms with Gasteiger partial charge in [-0.15, -0.1) is 0 Å². The van der Waals surface area contributed by atoms with Gasteiger partial charge in [0, 0.05) is 35.9 Å². The summed E-state index contributed by atoms with van der Waals surface area (Å²) in [5.74, 6) is 0.668. The van der Waals surface area contributed by atoms with Crippen molar-refractivity contribution in [2.24, 2.45) is 0 Å². The van der Waals surface area contributed by atoms with Crippen molar-refractivity contribution in [3.63, 3.8) is 0 Å². The van der Waals surface area contributed by atoms with E-state index in [1.54, 1.807) is 0 Å². The van der Waals surface area contributed by atoms with Crippen molar-refractivity contribution >= 4 is 11.6 Å². The Kier molecular flexibility index (Phi) is 4.34. The third kappa shape index (κ3) is 3.38. The number of hydrogen-bond acceptors (Lipinski definition) is 2. The van der Waals surface area contributed by atoms with Gasteiger partial charge in [0.15, 0.2) is 0 Å². The van der Waals surface area contributed by atoms with Crippen LogP contribution in [0.25, 0.3) is 0 Å². The third-order valence-corrected chi connectivity index (χ3v) is 4.23. The zero-order valence-electron chi connectivity index (χ0n) is 11.4. The van der Waals surface area contributed by atoms with E-state index in [1.165, 1.54) is 18.4 Å². The zero-order valence-corrected chi connectivity index (χ0v) is 12.2. The van der Waals surface area contributed by atoms with E-state index in [-0.39, 0.29) is 0 Å². The third-order valence-electron chi connectivity index (χ3n) is 4.00. The van der Waals surface area contributed by atoms with Crippen LogP contribution in [0.15, 0.2) is 48.7 Å². The van der Waals surface area contributed by atoms with Crippen molar-refractivity contribution in [1.82, 2.24) is 10.3 Å². The Hall–Kier alpha value is -1.38. The first-order valence-electron chi connectivity index (χ1n) is 7.20. The first-order valence-corrected chi connectivity index (χ1v) is 7.58. The molecule has 1 aromatic carbocycles. The van der Waals surface area contributed by atoms with Gasteiger partial charge in [0.2, 0.25) is 0 Å². The molecule has 1 heterocycles. The molecular formula is C17H19ClN2. The molecule has 1 aliphatic carbocycles. The topological polar surface area (TPSA) is 24.9 Å². The lowest BCUT2D eigenvalue weighted by atomic mass is 9.76. The fourth-order valence-corrected chi connectivity index (χ4v) is 2.97. The fraction of sp³-hybridized carbons (Fsp3) is 0.353. The van der Waals surface area contributed by atoms with Gasteiger partial charge in [-0.1, -0.05) is 29.8 Å². The van der Waals surface area contributed by atoms with E-state index in [9.17, 15) is 0 Å². The average molecular weight is 287 g/mol. The van der Waals surface area contributed by atoms with E-state index in [0.717, 1.165) is 23.7 Å². The van der Waals surface area contributed by atoms with Crippen LogP contribution in [0.2, 0.25) is 5.02 Å². The van der Waals surface area contributed by atoms with Crippen molar-refractivity contribution in [2.45, 2.75) is 31.2 Å². The van der Waals surface area contributed by atoms with E-state index in [0.29, 0.717) is 12.0 Å². The normalized spacial score (nSPS) is 21.4. The molecule has 0 amide bonds. The molecule has 0 bridgehead atoms. The lowest BCUT2D eigenvalue weighted by molar-refractivity contribution is 0.292. The smallest absolute Gasteiger partial charge is 0.0416 e. The molecule has 0 unspecified atom stereocenters. The van der Waals surface area contributed by atoms with Crippen molar-refractivity contribution in [2.75, 3.05) is 6.54 Å². The number of pyridine rings is 1. The summed E-state index contributed by atoms with van der Waals surface area (Å²) < 4.78 is 0. The first kappa shape index (κ1) is 13.6. The van der Waals surface area contributed by atoms with Gasteiger partial charge < -0.3 is 5.32 Å². The Bertz CT molecular complexity index is 550. The van der Waals surface area contributed by atoms with Crippen LogP contribution in [0.1, 0.15) is 30.0 Å². The highest BCUT2D eigenvalue weighted by Gasteiger charge is 2.29. The van der Waals surface area contributed by atoms with Crippen LogP contribution in [0.3, 0.4) is 0 Å². The highest BCUT2D eigenvalue weighted by molar-refractivity contribution is 6.30. The molecule has 3 rings (SSSR count). The maximum Gasteiger partial charge on any atom is 0.0416 e. The number of hydrogen-bond donors (Lipinski definition) is 1. The van der Waals surface area contributed by atoms with Crippen molar-refractivity contribution in [1.29, 1.82) is 0 Å². The molecule has 1 fully saturated rings. The fourth-order valence-electron chi connectivity index (χ4n) is 2.77. The van der Waals surface area contributed by atoms with Crippen LogP contribution < -0.4 is 5.32 Å². The lowest BCUT2D eigenvalue weighted by Gasteiger charge is -2.36. The van der Waals surface area contributed by atoms with E-state index < -0.39 is 0 Å². The van der Waals surface area contributed by atoms with Crippen LogP contribution in [0.4, 0.5) is 0 Å². The van der Waals surface area contributed by atoms with Gasteiger partial charge >= 0.3 is 0 Å². The molecule has 20 heavy (non-hydrogen) atoms. The predicted octanol–water partition coefficient (Wildman–Crippen LogP) is 3.81. The number of aromatic nitrogens is 1. The van der Waals surface area contributed by atoms with E-state index in [2.05, 4.69) is 28.5 Å². The summed E-state index contributed by atoms with van der Waals surface area (Å²) in [6.07, 6.45) is 5.28. The van der Waals surface area contributed by atoms with Crippen LogP contribution in [0, 0.1) is 0 Å². The predicted molar refractivity (Wildman–Crippen MR) is 83.2 cm³/mol. The van der Waals surface area contributed by atoms with Crippen molar-refractivity contribution in [3.05, 3.63) is 64.9 Å². The molecule has 0 aliphatic heterocycles. The summed E-state index contributed by atoms with van der Waals surface area (Å²) in [4.78, 5) is 4.34. The number of rotatable bonds is 5. The molecular weight excluding hydrogens is 268 g/mol. The van der Waals surface area contributed by atoms with Crippen molar-refractivity contribution < 1.29 is 0 Å². The van der Waals surface area contributed by atoms with Crippen LogP contribution in [0.5, 0.6) is 0 Å². The second-order valence-corrected chi connectivity index (χ2v) is 5.88. The quantitative estimate of drug-likeness (QED) is 0.904. The van der Waals surface area contributed by atoms with Crippen LogP contribution in [-0.2, 0) is 6.42 Å². The van der Waals surface area contributed by atoms with Crippen LogP contribution in [-0.4, -0.2) is 17.6 Å². The van der Waals surface area contributed by atoms with Crippen LogP contribution >= 0.6 is 11.6 Å². The summed E-state index contributed by atoms with van der Waals surface area (Å²) in [5.41, 5.74) is 2.53.